The fourth-order valence-corrected chi connectivity index (χ4v) is 2.95. The van der Waals surface area contributed by atoms with Gasteiger partial charge in [-0.25, -0.2) is 0 Å². The number of benzene rings is 1. The lowest BCUT2D eigenvalue weighted by Crippen LogP contribution is -2.13. The van der Waals surface area contributed by atoms with E-state index < -0.39 is 23.4 Å². The van der Waals surface area contributed by atoms with E-state index in [1.807, 2.05) is 6.92 Å². The van der Waals surface area contributed by atoms with Gasteiger partial charge in [0, 0.05) is 0 Å². The first-order valence-electron chi connectivity index (χ1n) is 6.64. The molecule has 0 saturated carbocycles. The van der Waals surface area contributed by atoms with Gasteiger partial charge in [0.15, 0.2) is 5.78 Å². The third kappa shape index (κ3) is 3.52. The van der Waals surface area contributed by atoms with Gasteiger partial charge in [0.1, 0.15) is 6.26 Å². The summed E-state index contributed by atoms with van der Waals surface area (Å²) in [7, 11) is 0. The van der Waals surface area contributed by atoms with Gasteiger partial charge in [0.2, 0.25) is 0 Å². The van der Waals surface area contributed by atoms with Crippen LogP contribution in [0.2, 0.25) is 0 Å². The summed E-state index contributed by atoms with van der Waals surface area (Å²) in [4.78, 5) is 12.5. The molecule has 0 aromatic heterocycles. The maximum Gasteiger partial charge on any atom is 0.416 e. The van der Waals surface area contributed by atoms with E-state index in [2.05, 4.69) is 0 Å². The van der Waals surface area contributed by atoms with Crippen LogP contribution in [0, 0.1) is 5.41 Å². The molecule has 1 unspecified atom stereocenters. The molecule has 7 heteroatoms. The number of thioether (sulfide) groups is 1. The van der Waals surface area contributed by atoms with E-state index in [0.717, 1.165) is 30.3 Å². The van der Waals surface area contributed by atoms with Crippen LogP contribution < -0.4 is 0 Å². The van der Waals surface area contributed by atoms with Gasteiger partial charge >= 0.3 is 6.18 Å². The lowest BCUT2D eigenvalue weighted by Gasteiger charge is -2.11. The zero-order valence-electron chi connectivity index (χ0n) is 11.7. The summed E-state index contributed by atoms with van der Waals surface area (Å²) < 4.78 is 43.4. The second kappa shape index (κ2) is 6.56. The minimum Gasteiger partial charge on any atom is -0.500 e. The Kier molecular flexibility index (Phi) is 4.95. The van der Waals surface area contributed by atoms with E-state index in [9.17, 15) is 18.0 Å². The summed E-state index contributed by atoms with van der Waals surface area (Å²) >= 11 is 0.929. The van der Waals surface area contributed by atoms with Crippen molar-refractivity contribution in [2.24, 2.45) is 0 Å². The summed E-state index contributed by atoms with van der Waals surface area (Å²) in [6, 6.07) is 4.55. The van der Waals surface area contributed by atoms with Gasteiger partial charge < -0.3 is 4.74 Å². The van der Waals surface area contributed by atoms with Crippen molar-refractivity contribution in [3.8, 4) is 0 Å². The average molecular weight is 329 g/mol. The van der Waals surface area contributed by atoms with Crippen LogP contribution in [0.3, 0.4) is 0 Å². The molecule has 3 nitrogen and oxygen atoms in total. The van der Waals surface area contributed by atoms with Gasteiger partial charge in [0.25, 0.3) is 0 Å². The smallest absolute Gasteiger partial charge is 0.416 e. The van der Waals surface area contributed by atoms with Crippen molar-refractivity contribution in [3.63, 3.8) is 0 Å². The quantitative estimate of drug-likeness (QED) is 0.507. The van der Waals surface area contributed by atoms with Crippen LogP contribution in [0.25, 0.3) is 0 Å². The van der Waals surface area contributed by atoms with Gasteiger partial charge in [-0.15, -0.1) is 0 Å². The number of halogens is 3. The maximum absolute atomic E-state index is 12.8. The highest BCUT2D eigenvalue weighted by molar-refractivity contribution is 8.18. The average Bonchev–Trinajstić information content (AvgIpc) is 2.73. The number of nitrogens with one attached hydrogen (secondary N) is 1. The molecule has 1 N–H and O–H groups in total. The van der Waals surface area contributed by atoms with Gasteiger partial charge in [-0.2, -0.15) is 13.2 Å². The molecule has 0 aliphatic carbocycles. The summed E-state index contributed by atoms with van der Waals surface area (Å²) in [5, 5.41) is 7.89. The minimum absolute atomic E-state index is 0.00988. The SMILES string of the molecule is CCCOC=C1SC(=N)C(c2cccc(C(F)(F)F)c2)C1=O. The fraction of sp³-hybridized carbons (Fsp3) is 0.333. The number of Topliss-reactive ketones (excluding diaryl/α,β-unsaturated/α-hetero) is 1. The molecule has 1 aromatic rings. The van der Waals surface area contributed by atoms with Crippen LogP contribution in [0.4, 0.5) is 13.2 Å². The Morgan fingerprint density at radius 1 is 1.41 bits per heavy atom. The number of carbonyl (C=O) groups excluding carboxylic acids is 1. The first-order valence-corrected chi connectivity index (χ1v) is 7.45. The fourth-order valence-electron chi connectivity index (χ4n) is 2.02. The van der Waals surface area contributed by atoms with Crippen molar-refractivity contribution >= 4 is 22.6 Å². The number of hydrogen-bond acceptors (Lipinski definition) is 4. The monoisotopic (exact) mass is 329 g/mol. The first-order chi connectivity index (χ1) is 10.3. The Morgan fingerprint density at radius 2 is 2.14 bits per heavy atom. The van der Waals surface area contributed by atoms with Crippen molar-refractivity contribution < 1.29 is 22.7 Å². The molecular formula is C15H14F3NO2S. The van der Waals surface area contributed by atoms with E-state index in [1.54, 1.807) is 0 Å². The second-order valence-electron chi connectivity index (χ2n) is 4.74. The van der Waals surface area contributed by atoms with Gasteiger partial charge in [0.05, 0.1) is 28.0 Å². The number of rotatable bonds is 4. The molecular weight excluding hydrogens is 315 g/mol. The lowest BCUT2D eigenvalue weighted by molar-refractivity contribution is -0.137. The van der Waals surface area contributed by atoms with Gasteiger partial charge in [-0.05, 0) is 18.1 Å². The molecule has 0 bridgehead atoms. The van der Waals surface area contributed by atoms with E-state index in [1.165, 1.54) is 18.4 Å². The number of allylic oxidation sites excluding steroid dienone is 1. The van der Waals surface area contributed by atoms with Gasteiger partial charge in [-0.3, -0.25) is 10.2 Å². The molecule has 0 amide bonds. The van der Waals surface area contributed by atoms with E-state index in [0.29, 0.717) is 6.61 Å². The Bertz CT molecular complexity index is 625. The van der Waals surface area contributed by atoms with Crippen molar-refractivity contribution in [1.82, 2.24) is 0 Å². The second-order valence-corrected chi connectivity index (χ2v) is 5.82. The highest BCUT2D eigenvalue weighted by Crippen LogP contribution is 2.41. The predicted molar refractivity (Wildman–Crippen MR) is 78.8 cm³/mol. The zero-order valence-corrected chi connectivity index (χ0v) is 12.6. The minimum atomic E-state index is -4.48. The standard InChI is InChI=1S/C15H14F3NO2S/c1-2-6-21-8-11-13(20)12(14(19)22-11)9-4-3-5-10(7-9)15(16,17)18/h3-5,7-8,12,19H,2,6H2,1H3. The molecule has 1 aliphatic rings. The van der Waals surface area contributed by atoms with Crippen LogP contribution in [0.1, 0.15) is 30.4 Å². The number of ether oxygens (including phenoxy) is 1. The van der Waals surface area contributed by atoms with E-state index in [4.69, 9.17) is 10.1 Å². The Balaban J connectivity index is 2.28. The number of ketones is 1. The molecule has 1 aromatic carbocycles. The van der Waals surface area contributed by atoms with Crippen molar-refractivity contribution in [2.75, 3.05) is 6.61 Å². The summed E-state index contributed by atoms with van der Waals surface area (Å²) in [6.07, 6.45) is -2.41. The predicted octanol–water partition coefficient (Wildman–Crippen LogP) is 4.35. The Morgan fingerprint density at radius 3 is 2.77 bits per heavy atom. The van der Waals surface area contributed by atoms with Crippen LogP contribution in [-0.2, 0) is 15.7 Å². The number of hydrogen-bond donors (Lipinski definition) is 1. The third-order valence-electron chi connectivity index (χ3n) is 3.05. The van der Waals surface area contributed by atoms with E-state index in [-0.39, 0.29) is 15.5 Å². The largest absolute Gasteiger partial charge is 0.500 e. The lowest BCUT2D eigenvalue weighted by atomic mass is 9.94. The molecule has 1 saturated heterocycles. The van der Waals surface area contributed by atoms with Crippen LogP contribution in [0.5, 0.6) is 0 Å². The maximum atomic E-state index is 12.8. The molecule has 2 rings (SSSR count). The zero-order chi connectivity index (χ0) is 16.3. The third-order valence-corrected chi connectivity index (χ3v) is 4.02. The van der Waals surface area contributed by atoms with Crippen LogP contribution >= 0.6 is 11.8 Å². The van der Waals surface area contributed by atoms with Crippen molar-refractivity contribution in [1.29, 1.82) is 5.41 Å². The molecule has 0 radical (unpaired) electrons. The van der Waals surface area contributed by atoms with Crippen LogP contribution in [0.15, 0.2) is 35.4 Å². The Labute approximate surface area is 130 Å². The van der Waals surface area contributed by atoms with Crippen LogP contribution in [-0.4, -0.2) is 17.4 Å². The normalized spacial score (nSPS) is 20.7. The molecule has 1 aliphatic heterocycles. The molecule has 22 heavy (non-hydrogen) atoms. The van der Waals surface area contributed by atoms with Gasteiger partial charge in [-0.1, -0.05) is 36.9 Å². The highest BCUT2D eigenvalue weighted by atomic mass is 32.2. The first kappa shape index (κ1) is 16.6. The van der Waals surface area contributed by atoms with E-state index >= 15 is 0 Å². The summed E-state index contributed by atoms with van der Waals surface area (Å²) in [5.41, 5.74) is -0.647. The number of carbonyl (C=O) groups is 1. The Hall–Kier alpha value is -1.76. The molecule has 118 valence electrons. The van der Waals surface area contributed by atoms with Crippen molar-refractivity contribution in [2.45, 2.75) is 25.4 Å². The highest BCUT2D eigenvalue weighted by Gasteiger charge is 2.38. The summed E-state index contributed by atoms with van der Waals surface area (Å²) in [5.74, 6) is -1.38. The topological polar surface area (TPSA) is 50.1 Å². The molecule has 1 heterocycles. The molecule has 1 fully saturated rings. The molecule has 1 atom stereocenters. The summed E-state index contributed by atoms with van der Waals surface area (Å²) in [6.45, 7) is 2.36. The molecule has 0 spiro atoms. The number of alkyl halides is 3. The van der Waals surface area contributed by atoms with Crippen molar-refractivity contribution in [3.05, 3.63) is 46.6 Å².